The van der Waals surface area contributed by atoms with Crippen LogP contribution in [0.5, 0.6) is 0 Å². The number of carbonyl (C=O) groups excluding carboxylic acids is 1. The molecule has 0 aliphatic carbocycles. The zero-order chi connectivity index (χ0) is 13.8. The van der Waals surface area contributed by atoms with Gasteiger partial charge in [-0.25, -0.2) is 0 Å². The zero-order valence-corrected chi connectivity index (χ0v) is 11.3. The van der Waals surface area contributed by atoms with E-state index in [-0.39, 0.29) is 11.8 Å². The molecule has 0 bridgehead atoms. The lowest BCUT2D eigenvalue weighted by Gasteiger charge is -2.19. The van der Waals surface area contributed by atoms with E-state index < -0.39 is 0 Å². The van der Waals surface area contributed by atoms with Crippen LogP contribution in [0, 0.1) is 0 Å². The van der Waals surface area contributed by atoms with Crippen molar-refractivity contribution in [2.24, 2.45) is 0 Å². The monoisotopic (exact) mass is 263 g/mol. The number of hydrogen-bond donors (Lipinski definition) is 1. The fourth-order valence-electron chi connectivity index (χ4n) is 2.73. The summed E-state index contributed by atoms with van der Waals surface area (Å²) in [5.41, 5.74) is 3.49. The summed E-state index contributed by atoms with van der Waals surface area (Å²) in [7, 11) is 0. The Hall–Kier alpha value is -2.35. The van der Waals surface area contributed by atoms with E-state index in [1.807, 2.05) is 24.3 Å². The van der Waals surface area contributed by atoms with Crippen molar-refractivity contribution in [1.82, 2.24) is 5.32 Å². The summed E-state index contributed by atoms with van der Waals surface area (Å²) in [6, 6.07) is 20.6. The van der Waals surface area contributed by atoms with Gasteiger partial charge in [0, 0.05) is 18.5 Å². The first kappa shape index (κ1) is 12.7. The normalized spacial score (nSPS) is 18.9. The van der Waals surface area contributed by atoms with Crippen LogP contribution in [0.2, 0.25) is 0 Å². The molecule has 1 aliphatic heterocycles. The molecule has 2 aromatic carbocycles. The Bertz CT molecular complexity index is 616. The number of amides is 1. The highest BCUT2D eigenvalue weighted by atomic mass is 16.1. The molecule has 0 saturated carbocycles. The average Bonchev–Trinajstić information content (AvgIpc) is 2.71. The first-order valence-corrected chi connectivity index (χ1v) is 6.94. The summed E-state index contributed by atoms with van der Waals surface area (Å²) < 4.78 is 0. The lowest BCUT2D eigenvalue weighted by atomic mass is 9.84. The minimum atomic E-state index is 0.00211. The molecule has 0 spiro atoms. The molecule has 0 fully saturated rings. The highest BCUT2D eigenvalue weighted by Crippen LogP contribution is 2.35. The summed E-state index contributed by atoms with van der Waals surface area (Å²) in [6.45, 7) is 0.714. The maximum Gasteiger partial charge on any atom is 0.244 e. The van der Waals surface area contributed by atoms with Crippen LogP contribution in [-0.2, 0) is 4.79 Å². The molecule has 0 saturated heterocycles. The van der Waals surface area contributed by atoms with Crippen molar-refractivity contribution in [2.45, 2.75) is 12.3 Å². The van der Waals surface area contributed by atoms with E-state index in [9.17, 15) is 4.79 Å². The third-order valence-corrected chi connectivity index (χ3v) is 3.70. The first-order valence-electron chi connectivity index (χ1n) is 6.94. The van der Waals surface area contributed by atoms with Gasteiger partial charge in [-0.15, -0.1) is 0 Å². The van der Waals surface area contributed by atoms with E-state index in [0.717, 1.165) is 17.6 Å². The lowest BCUT2D eigenvalue weighted by Crippen LogP contribution is -2.20. The molecule has 0 radical (unpaired) electrons. The van der Waals surface area contributed by atoms with Crippen molar-refractivity contribution in [3.8, 4) is 0 Å². The topological polar surface area (TPSA) is 29.1 Å². The van der Waals surface area contributed by atoms with Crippen LogP contribution in [0.15, 0.2) is 66.7 Å². The smallest absolute Gasteiger partial charge is 0.244 e. The van der Waals surface area contributed by atoms with E-state index in [1.54, 1.807) is 6.08 Å². The van der Waals surface area contributed by atoms with E-state index >= 15 is 0 Å². The second-order valence-electron chi connectivity index (χ2n) is 5.01. The summed E-state index contributed by atoms with van der Waals surface area (Å²) in [4.78, 5) is 11.9. The van der Waals surface area contributed by atoms with Crippen LogP contribution in [0.1, 0.15) is 23.5 Å². The highest BCUT2D eigenvalue weighted by Gasteiger charge is 2.21. The van der Waals surface area contributed by atoms with E-state index in [0.29, 0.717) is 6.54 Å². The van der Waals surface area contributed by atoms with Gasteiger partial charge in [0.05, 0.1) is 0 Å². The Morgan fingerprint density at radius 2 is 1.55 bits per heavy atom. The number of benzene rings is 2. The van der Waals surface area contributed by atoms with Crippen molar-refractivity contribution >= 4 is 11.5 Å². The third kappa shape index (κ3) is 2.64. The van der Waals surface area contributed by atoms with Crippen LogP contribution in [-0.4, -0.2) is 12.5 Å². The molecule has 1 N–H and O–H groups in total. The van der Waals surface area contributed by atoms with Crippen LogP contribution < -0.4 is 5.32 Å². The van der Waals surface area contributed by atoms with Gasteiger partial charge >= 0.3 is 0 Å². The minimum Gasteiger partial charge on any atom is -0.353 e. The molecule has 0 aromatic heterocycles. The van der Waals surface area contributed by atoms with Gasteiger partial charge in [-0.05, 0) is 23.1 Å². The van der Waals surface area contributed by atoms with Crippen LogP contribution in [0.4, 0.5) is 0 Å². The van der Waals surface area contributed by atoms with Crippen LogP contribution >= 0.6 is 0 Å². The van der Waals surface area contributed by atoms with Crippen molar-refractivity contribution in [3.05, 3.63) is 77.9 Å². The largest absolute Gasteiger partial charge is 0.353 e. The van der Waals surface area contributed by atoms with E-state index in [2.05, 4.69) is 41.7 Å². The number of rotatable bonds is 2. The van der Waals surface area contributed by atoms with Crippen molar-refractivity contribution in [3.63, 3.8) is 0 Å². The maximum absolute atomic E-state index is 11.9. The molecular formula is C18H17NO. The van der Waals surface area contributed by atoms with Gasteiger partial charge in [0.15, 0.2) is 0 Å². The molecule has 1 amide bonds. The predicted octanol–water partition coefficient (Wildman–Crippen LogP) is 3.37. The number of nitrogens with one attached hydrogen (secondary N) is 1. The van der Waals surface area contributed by atoms with Gasteiger partial charge in [0.1, 0.15) is 0 Å². The second-order valence-corrected chi connectivity index (χ2v) is 5.01. The molecule has 2 aromatic rings. The molecular weight excluding hydrogens is 246 g/mol. The molecule has 1 unspecified atom stereocenters. The molecule has 1 atom stereocenters. The Morgan fingerprint density at radius 3 is 2.25 bits per heavy atom. The maximum atomic E-state index is 11.9. The molecule has 1 heterocycles. The quantitative estimate of drug-likeness (QED) is 0.884. The summed E-state index contributed by atoms with van der Waals surface area (Å²) >= 11 is 0. The molecule has 2 nitrogen and oxygen atoms in total. The Morgan fingerprint density at radius 1 is 0.900 bits per heavy atom. The second kappa shape index (κ2) is 5.74. The first-order chi connectivity index (χ1) is 9.84. The molecule has 100 valence electrons. The van der Waals surface area contributed by atoms with Crippen molar-refractivity contribution in [2.75, 3.05) is 6.54 Å². The number of hydrogen-bond acceptors (Lipinski definition) is 1. The number of carbonyl (C=O) groups is 1. The summed E-state index contributed by atoms with van der Waals surface area (Å²) in [5, 5.41) is 2.93. The Balaban J connectivity index is 2.06. The molecule has 20 heavy (non-hydrogen) atoms. The van der Waals surface area contributed by atoms with Gasteiger partial charge in [-0.1, -0.05) is 60.7 Å². The Labute approximate surface area is 119 Å². The van der Waals surface area contributed by atoms with Gasteiger partial charge in [-0.2, -0.15) is 0 Å². The van der Waals surface area contributed by atoms with Gasteiger partial charge < -0.3 is 5.32 Å². The van der Waals surface area contributed by atoms with Gasteiger partial charge in [-0.3, -0.25) is 4.79 Å². The minimum absolute atomic E-state index is 0.00211. The van der Waals surface area contributed by atoms with E-state index in [1.165, 1.54) is 5.56 Å². The molecule has 2 heteroatoms. The van der Waals surface area contributed by atoms with Crippen LogP contribution in [0.25, 0.3) is 5.57 Å². The highest BCUT2D eigenvalue weighted by molar-refractivity contribution is 5.97. The van der Waals surface area contributed by atoms with Crippen molar-refractivity contribution < 1.29 is 4.79 Å². The fraction of sp³-hybridized carbons (Fsp3) is 0.167. The SMILES string of the molecule is O=C1C=C(c2ccccc2)C(c2ccccc2)CCN1. The predicted molar refractivity (Wildman–Crippen MR) is 81.2 cm³/mol. The van der Waals surface area contributed by atoms with Gasteiger partial charge in [0.2, 0.25) is 5.91 Å². The van der Waals surface area contributed by atoms with Gasteiger partial charge in [0.25, 0.3) is 0 Å². The van der Waals surface area contributed by atoms with E-state index in [4.69, 9.17) is 0 Å². The Kier molecular flexibility index (Phi) is 3.64. The molecule has 3 rings (SSSR count). The van der Waals surface area contributed by atoms with Crippen molar-refractivity contribution in [1.29, 1.82) is 0 Å². The van der Waals surface area contributed by atoms with Crippen LogP contribution in [0.3, 0.4) is 0 Å². The summed E-state index contributed by atoms with van der Waals surface area (Å²) in [5.74, 6) is 0.264. The zero-order valence-electron chi connectivity index (χ0n) is 11.3. The molecule has 1 aliphatic rings. The lowest BCUT2D eigenvalue weighted by molar-refractivity contribution is -0.116. The fourth-order valence-corrected chi connectivity index (χ4v) is 2.73. The third-order valence-electron chi connectivity index (χ3n) is 3.70. The average molecular weight is 263 g/mol. The number of allylic oxidation sites excluding steroid dienone is 1. The standard InChI is InChI=1S/C18H17NO/c20-18-13-17(15-9-5-2-6-10-15)16(11-12-19-18)14-7-3-1-4-8-14/h1-10,13,16H,11-12H2,(H,19,20). The summed E-state index contributed by atoms with van der Waals surface area (Å²) in [6.07, 6.45) is 2.68.